The number of nitrogens with zero attached hydrogens (tertiary/aromatic N) is 2. The lowest BCUT2D eigenvalue weighted by Crippen LogP contribution is -1.98. The molecule has 0 unspecified atom stereocenters. The van der Waals surface area contributed by atoms with Gasteiger partial charge in [-0.25, -0.2) is 4.98 Å². The van der Waals surface area contributed by atoms with Crippen LogP contribution < -0.4 is 10.5 Å². The molecular weight excluding hydrogens is 182 g/mol. The van der Waals surface area contributed by atoms with Crippen LogP contribution in [0.4, 0.5) is 5.95 Å². The van der Waals surface area contributed by atoms with Gasteiger partial charge in [-0.15, -0.1) is 0 Å². The van der Waals surface area contributed by atoms with E-state index in [1.54, 1.807) is 24.7 Å². The van der Waals surface area contributed by atoms with E-state index in [1.807, 2.05) is 0 Å². The molecule has 0 aliphatic carbocycles. The van der Waals surface area contributed by atoms with Crippen molar-refractivity contribution >= 4 is 5.95 Å². The number of aromatic nitrogens is 2. The fraction of sp³-hybridized carbons (Fsp3) is 0.111. The largest absolute Gasteiger partial charge is 0.481 e. The van der Waals surface area contributed by atoms with Crippen LogP contribution in [-0.2, 0) is 0 Å². The molecule has 0 aliphatic rings. The predicted octanol–water partition coefficient (Wildman–Crippen LogP) is 1.33. The Hall–Kier alpha value is -2.04. The molecule has 2 rings (SSSR count). The monoisotopic (exact) mass is 191 g/mol. The van der Waals surface area contributed by atoms with Gasteiger partial charge in [-0.2, -0.15) is 4.98 Å². The van der Waals surface area contributed by atoms with Crippen LogP contribution in [0.1, 0.15) is 0 Å². The van der Waals surface area contributed by atoms with Gasteiger partial charge in [0.1, 0.15) is 0 Å². The highest BCUT2D eigenvalue weighted by Crippen LogP contribution is 2.21. The normalized spacial score (nSPS) is 10.1. The number of furan rings is 1. The summed E-state index contributed by atoms with van der Waals surface area (Å²) >= 11 is 0. The number of rotatable bonds is 2. The Morgan fingerprint density at radius 1 is 1.43 bits per heavy atom. The average molecular weight is 191 g/mol. The standard InChI is InChI=1S/C9H9N3O2/c1-13-8-4-7(11-9(10)12-8)6-2-3-14-5-6/h2-5H,1H3,(H2,10,11,12). The first kappa shape index (κ1) is 8.55. The van der Waals surface area contributed by atoms with Crippen LogP contribution in [0.2, 0.25) is 0 Å². The Balaban J connectivity index is 2.48. The molecule has 5 heteroatoms. The van der Waals surface area contributed by atoms with E-state index in [-0.39, 0.29) is 5.95 Å². The van der Waals surface area contributed by atoms with Crippen LogP contribution in [0.25, 0.3) is 11.3 Å². The van der Waals surface area contributed by atoms with Gasteiger partial charge in [-0.1, -0.05) is 0 Å². The van der Waals surface area contributed by atoms with Crippen molar-refractivity contribution < 1.29 is 9.15 Å². The quantitative estimate of drug-likeness (QED) is 0.775. The van der Waals surface area contributed by atoms with Gasteiger partial charge >= 0.3 is 0 Å². The highest BCUT2D eigenvalue weighted by Gasteiger charge is 2.05. The number of anilines is 1. The number of nitrogen functional groups attached to an aromatic ring is 1. The average Bonchev–Trinajstić information content (AvgIpc) is 2.69. The molecule has 0 fully saturated rings. The fourth-order valence-corrected chi connectivity index (χ4v) is 1.11. The van der Waals surface area contributed by atoms with Crippen LogP contribution in [-0.4, -0.2) is 17.1 Å². The zero-order valence-electron chi connectivity index (χ0n) is 7.60. The minimum Gasteiger partial charge on any atom is -0.481 e. The zero-order valence-corrected chi connectivity index (χ0v) is 7.60. The minimum absolute atomic E-state index is 0.181. The molecule has 2 aromatic heterocycles. The first-order chi connectivity index (χ1) is 6.79. The van der Waals surface area contributed by atoms with Crippen molar-refractivity contribution in [2.45, 2.75) is 0 Å². The first-order valence-corrected chi connectivity index (χ1v) is 4.00. The van der Waals surface area contributed by atoms with Gasteiger partial charge in [0, 0.05) is 11.6 Å². The van der Waals surface area contributed by atoms with E-state index in [2.05, 4.69) is 9.97 Å². The summed E-state index contributed by atoms with van der Waals surface area (Å²) < 4.78 is 9.91. The maximum absolute atomic E-state index is 5.51. The van der Waals surface area contributed by atoms with Crippen LogP contribution in [0, 0.1) is 0 Å². The second-order valence-corrected chi connectivity index (χ2v) is 2.67. The summed E-state index contributed by atoms with van der Waals surface area (Å²) in [5, 5.41) is 0. The van der Waals surface area contributed by atoms with Gasteiger partial charge in [0.05, 0.1) is 25.3 Å². The SMILES string of the molecule is COc1cc(-c2ccoc2)nc(N)n1. The summed E-state index contributed by atoms with van der Waals surface area (Å²) in [5.74, 6) is 0.620. The molecule has 0 bridgehead atoms. The zero-order chi connectivity index (χ0) is 9.97. The Labute approximate surface area is 80.5 Å². The van der Waals surface area contributed by atoms with Gasteiger partial charge < -0.3 is 14.9 Å². The van der Waals surface area contributed by atoms with Crippen molar-refractivity contribution in [1.29, 1.82) is 0 Å². The smallest absolute Gasteiger partial charge is 0.223 e. The number of ether oxygens (including phenoxy) is 1. The number of nitrogens with two attached hydrogens (primary N) is 1. The van der Waals surface area contributed by atoms with E-state index in [1.165, 1.54) is 7.11 Å². The second kappa shape index (κ2) is 3.37. The van der Waals surface area contributed by atoms with Crippen molar-refractivity contribution in [3.05, 3.63) is 24.7 Å². The van der Waals surface area contributed by atoms with Gasteiger partial charge in [-0.05, 0) is 6.07 Å². The Morgan fingerprint density at radius 2 is 2.29 bits per heavy atom. The van der Waals surface area contributed by atoms with Gasteiger partial charge in [0.2, 0.25) is 11.8 Å². The molecule has 0 amide bonds. The molecule has 0 radical (unpaired) electrons. The van der Waals surface area contributed by atoms with Crippen LogP contribution in [0.3, 0.4) is 0 Å². The summed E-state index contributed by atoms with van der Waals surface area (Å²) in [5.41, 5.74) is 7.04. The summed E-state index contributed by atoms with van der Waals surface area (Å²) in [7, 11) is 1.53. The van der Waals surface area contributed by atoms with Gasteiger partial charge in [0.25, 0.3) is 0 Å². The molecule has 5 nitrogen and oxygen atoms in total. The van der Waals surface area contributed by atoms with E-state index in [0.29, 0.717) is 11.6 Å². The third kappa shape index (κ3) is 1.52. The molecular formula is C9H9N3O2. The van der Waals surface area contributed by atoms with E-state index >= 15 is 0 Å². The molecule has 0 saturated heterocycles. The highest BCUT2D eigenvalue weighted by molar-refractivity contribution is 5.59. The van der Waals surface area contributed by atoms with Crippen molar-refractivity contribution in [3.63, 3.8) is 0 Å². The molecule has 0 aromatic carbocycles. The lowest BCUT2D eigenvalue weighted by molar-refractivity contribution is 0.398. The molecule has 0 aliphatic heterocycles. The first-order valence-electron chi connectivity index (χ1n) is 4.00. The topological polar surface area (TPSA) is 74.2 Å². The van der Waals surface area contributed by atoms with Crippen molar-refractivity contribution in [3.8, 4) is 17.1 Å². The Bertz CT molecular complexity index is 426. The summed E-state index contributed by atoms with van der Waals surface area (Å²) in [6.07, 6.45) is 3.15. The Kier molecular flexibility index (Phi) is 2.06. The molecule has 2 heterocycles. The van der Waals surface area contributed by atoms with Crippen LogP contribution in [0.5, 0.6) is 5.88 Å². The fourth-order valence-electron chi connectivity index (χ4n) is 1.11. The maximum atomic E-state index is 5.51. The predicted molar refractivity (Wildman–Crippen MR) is 50.7 cm³/mol. The Morgan fingerprint density at radius 3 is 2.93 bits per heavy atom. The lowest BCUT2D eigenvalue weighted by Gasteiger charge is -2.02. The van der Waals surface area contributed by atoms with Crippen LogP contribution >= 0.6 is 0 Å². The van der Waals surface area contributed by atoms with E-state index in [9.17, 15) is 0 Å². The second-order valence-electron chi connectivity index (χ2n) is 2.67. The third-order valence-electron chi connectivity index (χ3n) is 1.75. The van der Waals surface area contributed by atoms with Crippen molar-refractivity contribution in [1.82, 2.24) is 9.97 Å². The van der Waals surface area contributed by atoms with Crippen molar-refractivity contribution in [2.75, 3.05) is 12.8 Å². The lowest BCUT2D eigenvalue weighted by atomic mass is 10.2. The molecule has 0 atom stereocenters. The number of hydrogen-bond acceptors (Lipinski definition) is 5. The van der Waals surface area contributed by atoms with Gasteiger partial charge in [-0.3, -0.25) is 0 Å². The number of methoxy groups -OCH3 is 1. The molecule has 0 spiro atoms. The van der Waals surface area contributed by atoms with Crippen LogP contribution in [0.15, 0.2) is 29.1 Å². The van der Waals surface area contributed by atoms with E-state index < -0.39 is 0 Å². The summed E-state index contributed by atoms with van der Waals surface area (Å²) in [6.45, 7) is 0. The highest BCUT2D eigenvalue weighted by atomic mass is 16.5. The minimum atomic E-state index is 0.181. The molecule has 2 aromatic rings. The molecule has 2 N–H and O–H groups in total. The van der Waals surface area contributed by atoms with Gasteiger partial charge in [0.15, 0.2) is 0 Å². The molecule has 0 saturated carbocycles. The van der Waals surface area contributed by atoms with E-state index in [4.69, 9.17) is 14.9 Å². The third-order valence-corrected chi connectivity index (χ3v) is 1.75. The molecule has 72 valence electrons. The van der Waals surface area contributed by atoms with E-state index in [0.717, 1.165) is 5.56 Å². The van der Waals surface area contributed by atoms with Crippen molar-refractivity contribution in [2.24, 2.45) is 0 Å². The molecule has 14 heavy (non-hydrogen) atoms. The summed E-state index contributed by atoms with van der Waals surface area (Å²) in [6, 6.07) is 3.49. The maximum Gasteiger partial charge on any atom is 0.223 e. The number of hydrogen-bond donors (Lipinski definition) is 1. The summed E-state index contributed by atoms with van der Waals surface area (Å²) in [4.78, 5) is 7.93.